The highest BCUT2D eigenvalue weighted by Crippen LogP contribution is 2.16. The van der Waals surface area contributed by atoms with Crippen LogP contribution in [0.5, 0.6) is 0 Å². The summed E-state index contributed by atoms with van der Waals surface area (Å²) in [5, 5.41) is 11.1. The van der Waals surface area contributed by atoms with Gasteiger partial charge in [-0.3, -0.25) is 0 Å². The first-order chi connectivity index (χ1) is 8.94. The second-order valence-electron chi connectivity index (χ2n) is 4.33. The fourth-order valence-electron chi connectivity index (χ4n) is 1.65. The van der Waals surface area contributed by atoms with E-state index < -0.39 is 10.0 Å². The minimum Gasteiger partial charge on any atom is -0.409 e. The van der Waals surface area contributed by atoms with Crippen molar-refractivity contribution >= 4 is 15.9 Å². The maximum atomic E-state index is 11.8. The summed E-state index contributed by atoms with van der Waals surface area (Å²) in [5.41, 5.74) is 6.24. The lowest BCUT2D eigenvalue weighted by Crippen LogP contribution is -2.31. The van der Waals surface area contributed by atoms with Gasteiger partial charge in [0.15, 0.2) is 0 Å². The van der Waals surface area contributed by atoms with Crippen LogP contribution in [0.4, 0.5) is 0 Å². The first-order valence-electron chi connectivity index (χ1n) is 5.93. The van der Waals surface area contributed by atoms with E-state index >= 15 is 0 Å². The van der Waals surface area contributed by atoms with Crippen molar-refractivity contribution in [2.24, 2.45) is 10.9 Å². The lowest BCUT2D eigenvalue weighted by molar-refractivity contribution is 0.317. The number of hydrogen-bond acceptors (Lipinski definition) is 4. The van der Waals surface area contributed by atoms with E-state index in [0.717, 1.165) is 5.56 Å². The molecule has 1 aromatic carbocycles. The Bertz CT molecular complexity index is 514. The van der Waals surface area contributed by atoms with Gasteiger partial charge >= 0.3 is 0 Å². The van der Waals surface area contributed by atoms with Gasteiger partial charge in [0, 0.05) is 13.0 Å². The summed E-state index contributed by atoms with van der Waals surface area (Å²) >= 11 is 0. The standard InChI is InChI=1S/C12H19N3O3S/c1-10(11-5-3-2-4-6-11)9-19(17,18)14-8-7-12(13)15-16/h2-6,10,14,16H,7-9H2,1H3,(H2,13,15). The maximum Gasteiger partial charge on any atom is 0.212 e. The van der Waals surface area contributed by atoms with E-state index in [4.69, 9.17) is 10.9 Å². The summed E-state index contributed by atoms with van der Waals surface area (Å²) in [4.78, 5) is 0. The van der Waals surface area contributed by atoms with Crippen molar-refractivity contribution < 1.29 is 13.6 Å². The Hall–Kier alpha value is -1.60. The first kappa shape index (κ1) is 15.5. The van der Waals surface area contributed by atoms with Crippen molar-refractivity contribution in [1.29, 1.82) is 0 Å². The molecule has 19 heavy (non-hydrogen) atoms. The molecule has 7 heteroatoms. The van der Waals surface area contributed by atoms with Gasteiger partial charge in [0.25, 0.3) is 0 Å². The van der Waals surface area contributed by atoms with Crippen molar-refractivity contribution in [2.75, 3.05) is 12.3 Å². The van der Waals surface area contributed by atoms with Crippen LogP contribution in [-0.2, 0) is 10.0 Å². The van der Waals surface area contributed by atoms with Gasteiger partial charge in [-0.2, -0.15) is 0 Å². The molecule has 106 valence electrons. The minimum absolute atomic E-state index is 0.00110. The maximum absolute atomic E-state index is 11.8. The van der Waals surface area contributed by atoms with E-state index in [1.807, 2.05) is 37.3 Å². The smallest absolute Gasteiger partial charge is 0.212 e. The van der Waals surface area contributed by atoms with Crippen LogP contribution in [0.1, 0.15) is 24.8 Å². The molecule has 1 aromatic rings. The summed E-state index contributed by atoms with van der Waals surface area (Å²) in [5.74, 6) is -0.0888. The molecule has 1 unspecified atom stereocenters. The molecule has 6 nitrogen and oxygen atoms in total. The SMILES string of the molecule is CC(CS(=O)(=O)NCC/C(N)=N/O)c1ccccc1. The molecule has 0 saturated carbocycles. The molecule has 0 radical (unpaired) electrons. The Morgan fingerprint density at radius 1 is 1.42 bits per heavy atom. The lowest BCUT2D eigenvalue weighted by atomic mass is 10.0. The Labute approximate surface area is 113 Å². The molecule has 0 amide bonds. The largest absolute Gasteiger partial charge is 0.409 e. The Morgan fingerprint density at radius 3 is 2.63 bits per heavy atom. The highest BCUT2D eigenvalue weighted by Gasteiger charge is 2.16. The van der Waals surface area contributed by atoms with Crippen LogP contribution >= 0.6 is 0 Å². The molecule has 0 bridgehead atoms. The van der Waals surface area contributed by atoms with Crippen molar-refractivity contribution in [1.82, 2.24) is 4.72 Å². The first-order valence-corrected chi connectivity index (χ1v) is 7.58. The van der Waals surface area contributed by atoms with Crippen molar-refractivity contribution in [3.05, 3.63) is 35.9 Å². The predicted molar refractivity (Wildman–Crippen MR) is 74.7 cm³/mol. The number of nitrogens with two attached hydrogens (primary N) is 1. The average molecular weight is 285 g/mol. The zero-order valence-electron chi connectivity index (χ0n) is 10.8. The second kappa shape index (κ2) is 7.10. The van der Waals surface area contributed by atoms with Gasteiger partial charge in [0.05, 0.1) is 5.75 Å². The third-order valence-electron chi connectivity index (χ3n) is 2.67. The molecular weight excluding hydrogens is 266 g/mol. The molecule has 0 fully saturated rings. The predicted octanol–water partition coefficient (Wildman–Crippen LogP) is 0.846. The molecule has 0 saturated heterocycles. The van der Waals surface area contributed by atoms with Crippen molar-refractivity contribution in [3.8, 4) is 0 Å². The topological polar surface area (TPSA) is 105 Å². The Kier molecular flexibility index (Phi) is 5.78. The molecule has 0 aliphatic heterocycles. The number of nitrogens with one attached hydrogen (secondary N) is 1. The normalized spacial score (nSPS) is 14.3. The van der Waals surface area contributed by atoms with E-state index in [1.165, 1.54) is 0 Å². The van der Waals surface area contributed by atoms with E-state index in [1.54, 1.807) is 0 Å². The minimum atomic E-state index is -3.38. The zero-order valence-corrected chi connectivity index (χ0v) is 11.6. The molecule has 0 aliphatic carbocycles. The van der Waals surface area contributed by atoms with Crippen molar-refractivity contribution in [3.63, 3.8) is 0 Å². The third-order valence-corrected chi connectivity index (χ3v) is 4.25. The third kappa shape index (κ3) is 5.71. The van der Waals surface area contributed by atoms with Crippen molar-refractivity contribution in [2.45, 2.75) is 19.3 Å². The summed E-state index contributed by atoms with van der Waals surface area (Å²) in [7, 11) is -3.38. The number of sulfonamides is 1. The number of amidine groups is 1. The quantitative estimate of drug-likeness (QED) is 0.299. The van der Waals surface area contributed by atoms with Gasteiger partial charge in [0.2, 0.25) is 10.0 Å². The highest BCUT2D eigenvalue weighted by atomic mass is 32.2. The average Bonchev–Trinajstić information content (AvgIpc) is 2.38. The molecule has 1 rings (SSSR count). The number of rotatable bonds is 7. The van der Waals surface area contributed by atoms with Crippen LogP contribution in [0, 0.1) is 0 Å². The monoisotopic (exact) mass is 285 g/mol. The number of oxime groups is 1. The van der Waals surface area contributed by atoms with Crippen LogP contribution in [0.3, 0.4) is 0 Å². The number of nitrogens with zero attached hydrogens (tertiary/aromatic N) is 1. The van der Waals surface area contributed by atoms with Crippen LogP contribution in [0.15, 0.2) is 35.5 Å². The van der Waals surface area contributed by atoms with E-state index in [9.17, 15) is 8.42 Å². The summed E-state index contributed by atoms with van der Waals surface area (Å²) in [6, 6.07) is 9.45. The van der Waals surface area contributed by atoms with Gasteiger partial charge < -0.3 is 10.9 Å². The Balaban J connectivity index is 2.51. The molecule has 0 aromatic heterocycles. The summed E-state index contributed by atoms with van der Waals surface area (Å²) in [6.07, 6.45) is 0.176. The fraction of sp³-hybridized carbons (Fsp3) is 0.417. The summed E-state index contributed by atoms with van der Waals surface area (Å²) < 4.78 is 26.1. The highest BCUT2D eigenvalue weighted by molar-refractivity contribution is 7.89. The number of hydrogen-bond donors (Lipinski definition) is 3. The van der Waals surface area contributed by atoms with Crippen LogP contribution in [0.25, 0.3) is 0 Å². The molecular formula is C12H19N3O3S. The fourth-order valence-corrected chi connectivity index (χ4v) is 3.03. The van der Waals surface area contributed by atoms with E-state index in [2.05, 4.69) is 9.88 Å². The molecule has 0 heterocycles. The van der Waals surface area contributed by atoms with Gasteiger partial charge in [-0.25, -0.2) is 13.1 Å². The van der Waals surface area contributed by atoms with Crippen LogP contribution < -0.4 is 10.5 Å². The van der Waals surface area contributed by atoms with Crippen LogP contribution in [0.2, 0.25) is 0 Å². The molecule has 0 spiro atoms. The lowest BCUT2D eigenvalue weighted by Gasteiger charge is -2.13. The van der Waals surface area contributed by atoms with Gasteiger partial charge in [0.1, 0.15) is 5.84 Å². The molecule has 1 atom stereocenters. The Morgan fingerprint density at radius 2 is 2.05 bits per heavy atom. The zero-order chi connectivity index (χ0) is 14.3. The van der Waals surface area contributed by atoms with Gasteiger partial charge in [-0.15, -0.1) is 0 Å². The van der Waals surface area contributed by atoms with Crippen LogP contribution in [-0.4, -0.2) is 31.8 Å². The second-order valence-corrected chi connectivity index (χ2v) is 6.18. The van der Waals surface area contributed by atoms with Gasteiger partial charge in [-0.1, -0.05) is 42.4 Å². The molecule has 4 N–H and O–H groups in total. The molecule has 0 aliphatic rings. The number of benzene rings is 1. The summed E-state index contributed by atoms with van der Waals surface area (Å²) in [6.45, 7) is 1.98. The van der Waals surface area contributed by atoms with Gasteiger partial charge in [-0.05, 0) is 11.5 Å². The van der Waals surface area contributed by atoms with E-state index in [-0.39, 0.29) is 30.5 Å². The van der Waals surface area contributed by atoms with E-state index in [0.29, 0.717) is 0 Å².